The number of amides is 2. The van der Waals surface area contributed by atoms with E-state index in [2.05, 4.69) is 17.4 Å². The highest BCUT2D eigenvalue weighted by molar-refractivity contribution is 5.81. The van der Waals surface area contributed by atoms with Gasteiger partial charge in [-0.2, -0.15) is 0 Å². The summed E-state index contributed by atoms with van der Waals surface area (Å²) in [6.45, 7) is 3.82. The van der Waals surface area contributed by atoms with E-state index in [-0.39, 0.29) is 11.8 Å². The van der Waals surface area contributed by atoms with Crippen LogP contribution in [-0.4, -0.2) is 29.4 Å². The van der Waals surface area contributed by atoms with Crippen LogP contribution in [0.15, 0.2) is 42.5 Å². The molecule has 0 radical (unpaired) electrons. The summed E-state index contributed by atoms with van der Waals surface area (Å²) < 4.78 is 6.07. The van der Waals surface area contributed by atoms with Crippen LogP contribution in [0.5, 0.6) is 5.75 Å². The first-order chi connectivity index (χ1) is 15.1. The van der Waals surface area contributed by atoms with Crippen LogP contribution in [0.3, 0.4) is 0 Å². The van der Waals surface area contributed by atoms with E-state index in [0.717, 1.165) is 42.7 Å². The van der Waals surface area contributed by atoms with Crippen LogP contribution in [0.25, 0.3) is 0 Å². The van der Waals surface area contributed by atoms with Crippen LogP contribution >= 0.6 is 0 Å². The van der Waals surface area contributed by atoms with Crippen LogP contribution in [0, 0.1) is 0 Å². The Labute approximate surface area is 184 Å². The van der Waals surface area contributed by atoms with Gasteiger partial charge in [0.05, 0.1) is 0 Å². The van der Waals surface area contributed by atoms with Crippen molar-refractivity contribution < 1.29 is 14.3 Å². The highest BCUT2D eigenvalue weighted by Gasteiger charge is 2.22. The van der Waals surface area contributed by atoms with Gasteiger partial charge >= 0.3 is 0 Å². The van der Waals surface area contributed by atoms with Gasteiger partial charge in [-0.05, 0) is 72.9 Å². The predicted molar refractivity (Wildman–Crippen MR) is 121 cm³/mol. The van der Waals surface area contributed by atoms with Crippen molar-refractivity contribution in [2.75, 3.05) is 6.54 Å². The number of aryl methyl sites for hydroxylation is 2. The van der Waals surface area contributed by atoms with Gasteiger partial charge in [0, 0.05) is 26.1 Å². The molecule has 0 spiro atoms. The highest BCUT2D eigenvalue weighted by Crippen LogP contribution is 2.26. The maximum Gasteiger partial charge on any atom is 0.261 e. The lowest BCUT2D eigenvalue weighted by atomic mass is 9.92. The van der Waals surface area contributed by atoms with Crippen molar-refractivity contribution in [1.82, 2.24) is 10.2 Å². The number of benzene rings is 2. The summed E-state index contributed by atoms with van der Waals surface area (Å²) >= 11 is 0. The first kappa shape index (κ1) is 21.4. The molecule has 0 aromatic heterocycles. The van der Waals surface area contributed by atoms with Gasteiger partial charge in [-0.25, -0.2) is 0 Å². The number of carbonyl (C=O) groups excluding carboxylic acids is 2. The van der Waals surface area contributed by atoms with Crippen molar-refractivity contribution in [1.29, 1.82) is 0 Å². The SMILES string of the molecule is CCC(Oc1ccc2c(c1)CCCC2)C(=O)NCc1ccccc1CN1CCCC1=O. The van der Waals surface area contributed by atoms with E-state index in [1.807, 2.05) is 42.2 Å². The zero-order valence-corrected chi connectivity index (χ0v) is 18.4. The summed E-state index contributed by atoms with van der Waals surface area (Å²) in [5.41, 5.74) is 4.88. The summed E-state index contributed by atoms with van der Waals surface area (Å²) in [5.74, 6) is 0.881. The third kappa shape index (κ3) is 5.27. The predicted octanol–water partition coefficient (Wildman–Crippen LogP) is 4.16. The Bertz CT molecular complexity index is 940. The first-order valence-corrected chi connectivity index (χ1v) is 11.5. The van der Waals surface area contributed by atoms with Gasteiger partial charge < -0.3 is 15.0 Å². The van der Waals surface area contributed by atoms with E-state index in [9.17, 15) is 9.59 Å². The number of nitrogens with one attached hydrogen (secondary N) is 1. The maximum atomic E-state index is 12.8. The van der Waals surface area contributed by atoms with Crippen LogP contribution in [0.1, 0.15) is 61.3 Å². The Morgan fingerprint density at radius 2 is 1.81 bits per heavy atom. The largest absolute Gasteiger partial charge is 0.481 e. The Kier molecular flexibility index (Phi) is 6.90. The van der Waals surface area contributed by atoms with Crippen LogP contribution in [-0.2, 0) is 35.5 Å². The van der Waals surface area contributed by atoms with E-state index in [0.29, 0.717) is 25.9 Å². The van der Waals surface area contributed by atoms with Crippen molar-refractivity contribution in [3.63, 3.8) is 0 Å². The first-order valence-electron chi connectivity index (χ1n) is 11.5. The molecule has 0 saturated carbocycles. The lowest BCUT2D eigenvalue weighted by Gasteiger charge is -2.21. The van der Waals surface area contributed by atoms with Gasteiger partial charge in [-0.1, -0.05) is 37.3 Å². The molecule has 4 rings (SSSR count). The Morgan fingerprint density at radius 1 is 1.03 bits per heavy atom. The molecule has 1 atom stereocenters. The number of likely N-dealkylation sites (tertiary alicyclic amines) is 1. The molecule has 164 valence electrons. The molecule has 1 fully saturated rings. The number of rotatable bonds is 8. The molecule has 5 heteroatoms. The van der Waals surface area contributed by atoms with Crippen molar-refractivity contribution in [2.45, 2.75) is 71.1 Å². The molecule has 2 aliphatic rings. The van der Waals surface area contributed by atoms with E-state index in [1.165, 1.54) is 24.0 Å². The number of hydrogen-bond donors (Lipinski definition) is 1. The van der Waals surface area contributed by atoms with Gasteiger partial charge in [0.1, 0.15) is 5.75 Å². The van der Waals surface area contributed by atoms with E-state index in [4.69, 9.17) is 4.74 Å². The van der Waals surface area contributed by atoms with Crippen LogP contribution in [0.4, 0.5) is 0 Å². The number of nitrogens with zero attached hydrogens (tertiary/aromatic N) is 1. The Hall–Kier alpha value is -2.82. The lowest BCUT2D eigenvalue weighted by Crippen LogP contribution is -2.38. The highest BCUT2D eigenvalue weighted by atomic mass is 16.5. The van der Waals surface area contributed by atoms with Gasteiger partial charge in [-0.3, -0.25) is 9.59 Å². The summed E-state index contributed by atoms with van der Waals surface area (Å²) in [6, 6.07) is 14.2. The van der Waals surface area contributed by atoms with Gasteiger partial charge in [0.25, 0.3) is 5.91 Å². The van der Waals surface area contributed by atoms with Crippen molar-refractivity contribution in [3.05, 3.63) is 64.7 Å². The molecule has 2 aromatic carbocycles. The van der Waals surface area contributed by atoms with Crippen molar-refractivity contribution in [2.24, 2.45) is 0 Å². The molecule has 1 aliphatic carbocycles. The fourth-order valence-electron chi connectivity index (χ4n) is 4.53. The van der Waals surface area contributed by atoms with Crippen molar-refractivity contribution >= 4 is 11.8 Å². The van der Waals surface area contributed by atoms with Gasteiger partial charge in [0.2, 0.25) is 5.91 Å². The van der Waals surface area contributed by atoms with Gasteiger partial charge in [0.15, 0.2) is 6.10 Å². The number of hydrogen-bond acceptors (Lipinski definition) is 3. The third-order valence-electron chi connectivity index (χ3n) is 6.37. The molecule has 1 saturated heterocycles. The second-order valence-corrected chi connectivity index (χ2v) is 8.56. The molecule has 1 aliphatic heterocycles. The lowest BCUT2D eigenvalue weighted by molar-refractivity contribution is -0.129. The average Bonchev–Trinajstić information content (AvgIpc) is 3.20. The fraction of sp³-hybridized carbons (Fsp3) is 0.462. The smallest absolute Gasteiger partial charge is 0.261 e. The molecular formula is C26H32N2O3. The molecule has 1 unspecified atom stereocenters. The van der Waals surface area contributed by atoms with E-state index >= 15 is 0 Å². The topological polar surface area (TPSA) is 58.6 Å². The normalized spacial score (nSPS) is 16.7. The van der Waals surface area contributed by atoms with E-state index < -0.39 is 6.10 Å². The van der Waals surface area contributed by atoms with Gasteiger partial charge in [-0.15, -0.1) is 0 Å². The minimum atomic E-state index is -0.519. The van der Waals surface area contributed by atoms with Crippen molar-refractivity contribution in [3.8, 4) is 5.75 Å². The molecule has 0 bridgehead atoms. The monoisotopic (exact) mass is 420 g/mol. The molecule has 31 heavy (non-hydrogen) atoms. The maximum absolute atomic E-state index is 12.8. The quantitative estimate of drug-likeness (QED) is 0.698. The summed E-state index contributed by atoms with van der Waals surface area (Å²) in [4.78, 5) is 26.7. The summed E-state index contributed by atoms with van der Waals surface area (Å²) in [6.07, 6.45) is 6.34. The Morgan fingerprint density at radius 3 is 2.55 bits per heavy atom. The fourth-order valence-corrected chi connectivity index (χ4v) is 4.53. The second kappa shape index (κ2) is 9.99. The van der Waals surface area contributed by atoms with Crippen LogP contribution < -0.4 is 10.1 Å². The molecule has 1 heterocycles. The molecule has 1 N–H and O–H groups in total. The minimum absolute atomic E-state index is 0.104. The second-order valence-electron chi connectivity index (χ2n) is 8.56. The zero-order chi connectivity index (χ0) is 21.6. The molecule has 2 amide bonds. The average molecular weight is 421 g/mol. The molecular weight excluding hydrogens is 388 g/mol. The summed E-state index contributed by atoms with van der Waals surface area (Å²) in [5, 5.41) is 3.04. The number of carbonyl (C=O) groups is 2. The standard InChI is InChI=1S/C26H32N2O3/c1-2-24(31-23-14-13-19-8-3-4-9-20(19)16-23)26(30)27-17-21-10-5-6-11-22(21)18-28-15-7-12-25(28)29/h5-6,10-11,13-14,16,24H,2-4,7-9,12,15,17-18H2,1H3,(H,27,30). The Balaban J connectivity index is 1.37. The summed E-state index contributed by atoms with van der Waals surface area (Å²) in [7, 11) is 0. The zero-order valence-electron chi connectivity index (χ0n) is 18.4. The molecule has 5 nitrogen and oxygen atoms in total. The number of fused-ring (bicyclic) bond motifs is 1. The number of ether oxygens (including phenoxy) is 1. The van der Waals surface area contributed by atoms with E-state index in [1.54, 1.807) is 0 Å². The third-order valence-corrected chi connectivity index (χ3v) is 6.37. The van der Waals surface area contributed by atoms with Crippen LogP contribution in [0.2, 0.25) is 0 Å². The minimum Gasteiger partial charge on any atom is -0.481 e. The molecule has 2 aromatic rings.